The van der Waals surface area contributed by atoms with E-state index in [1.165, 1.54) is 5.69 Å². The molecule has 8 heteroatoms. The molecular formula is C20H23BrN6O. The molecule has 5 rings (SSSR count). The molecule has 0 spiro atoms. The van der Waals surface area contributed by atoms with Gasteiger partial charge in [0.2, 0.25) is 0 Å². The number of imidazole rings is 1. The van der Waals surface area contributed by atoms with E-state index in [9.17, 15) is 0 Å². The second-order valence-corrected chi connectivity index (χ2v) is 8.19. The molecule has 2 saturated heterocycles. The third-order valence-corrected chi connectivity index (χ3v) is 6.57. The van der Waals surface area contributed by atoms with Gasteiger partial charge in [-0.05, 0) is 35.0 Å². The number of fused-ring (bicyclic) bond motifs is 1. The van der Waals surface area contributed by atoms with Crippen LogP contribution < -0.4 is 10.6 Å². The fourth-order valence-corrected chi connectivity index (χ4v) is 4.40. The Morgan fingerprint density at radius 1 is 1.11 bits per heavy atom. The Morgan fingerprint density at radius 2 is 1.82 bits per heavy atom. The summed E-state index contributed by atoms with van der Waals surface area (Å²) >= 11 is 3.49. The van der Waals surface area contributed by atoms with E-state index in [-0.39, 0.29) is 0 Å². The predicted molar refractivity (Wildman–Crippen MR) is 114 cm³/mol. The molecule has 0 radical (unpaired) electrons. The summed E-state index contributed by atoms with van der Waals surface area (Å²) in [7, 11) is 0. The summed E-state index contributed by atoms with van der Waals surface area (Å²) in [4.78, 5) is 13.8. The van der Waals surface area contributed by atoms with Gasteiger partial charge in [-0.3, -0.25) is 9.30 Å². The number of aromatic nitrogens is 3. The van der Waals surface area contributed by atoms with Crippen molar-refractivity contribution in [1.29, 1.82) is 0 Å². The number of anilines is 2. The van der Waals surface area contributed by atoms with Crippen LogP contribution in [0.5, 0.6) is 0 Å². The van der Waals surface area contributed by atoms with Gasteiger partial charge in [-0.25, -0.2) is 9.97 Å². The molecule has 28 heavy (non-hydrogen) atoms. The number of benzene rings is 1. The van der Waals surface area contributed by atoms with Crippen LogP contribution in [0.1, 0.15) is 5.69 Å². The van der Waals surface area contributed by atoms with Gasteiger partial charge >= 0.3 is 0 Å². The lowest BCUT2D eigenvalue weighted by Crippen LogP contribution is -2.56. The molecule has 0 unspecified atom stereocenters. The Balaban J connectivity index is 1.38. The Bertz CT molecular complexity index is 1010. The van der Waals surface area contributed by atoms with Crippen molar-refractivity contribution >= 4 is 33.1 Å². The normalized spacial score (nSPS) is 18.6. The van der Waals surface area contributed by atoms with Gasteiger partial charge in [0.05, 0.1) is 36.8 Å². The first-order chi connectivity index (χ1) is 13.6. The minimum absolute atomic E-state index is 0.426. The van der Waals surface area contributed by atoms with Crippen molar-refractivity contribution < 1.29 is 4.74 Å². The Hall–Kier alpha value is -2.16. The van der Waals surface area contributed by atoms with Crippen molar-refractivity contribution in [2.24, 2.45) is 0 Å². The molecule has 0 aliphatic carbocycles. The SMILES string of the molecule is Cc1c(Br)nc(N)c2ncc(-c3ccc(N4CCN(C5COC5)CC4)cc3)n12. The van der Waals surface area contributed by atoms with Gasteiger partial charge in [-0.15, -0.1) is 0 Å². The highest BCUT2D eigenvalue weighted by Gasteiger charge is 2.28. The molecule has 4 heterocycles. The van der Waals surface area contributed by atoms with Crippen molar-refractivity contribution in [2.75, 3.05) is 50.0 Å². The highest BCUT2D eigenvalue weighted by atomic mass is 79.9. The number of piperazine rings is 1. The summed E-state index contributed by atoms with van der Waals surface area (Å²) in [5.74, 6) is 0.426. The summed E-state index contributed by atoms with van der Waals surface area (Å²) in [5, 5.41) is 0. The quantitative estimate of drug-likeness (QED) is 0.671. The van der Waals surface area contributed by atoms with Crippen LogP contribution in [0, 0.1) is 6.92 Å². The average Bonchev–Trinajstić information content (AvgIpc) is 3.12. The highest BCUT2D eigenvalue weighted by molar-refractivity contribution is 9.10. The van der Waals surface area contributed by atoms with E-state index < -0.39 is 0 Å². The van der Waals surface area contributed by atoms with E-state index in [4.69, 9.17) is 10.5 Å². The molecule has 2 aromatic heterocycles. The van der Waals surface area contributed by atoms with Gasteiger partial charge < -0.3 is 15.4 Å². The van der Waals surface area contributed by atoms with Crippen LogP contribution in [-0.4, -0.2) is 64.7 Å². The summed E-state index contributed by atoms with van der Waals surface area (Å²) in [6.45, 7) is 8.10. The number of nitrogens with zero attached hydrogens (tertiary/aromatic N) is 5. The number of hydrogen-bond donors (Lipinski definition) is 1. The van der Waals surface area contributed by atoms with Crippen LogP contribution in [0.25, 0.3) is 16.9 Å². The molecule has 2 aliphatic heterocycles. The van der Waals surface area contributed by atoms with Gasteiger partial charge in [0.15, 0.2) is 11.5 Å². The summed E-state index contributed by atoms with van der Waals surface area (Å²) in [6.07, 6.45) is 1.86. The standard InChI is InChI=1S/C20H23BrN6O/c1-13-18(21)24-19(22)20-23-10-17(27(13)20)14-2-4-15(5-3-14)25-6-8-26(9-7-25)16-11-28-12-16/h2-5,10,16H,6-9,11-12H2,1H3,(H2,22,24). The highest BCUT2D eigenvalue weighted by Crippen LogP contribution is 2.29. The van der Waals surface area contributed by atoms with Crippen LogP contribution in [0.3, 0.4) is 0 Å². The Morgan fingerprint density at radius 3 is 2.46 bits per heavy atom. The molecule has 0 amide bonds. The van der Waals surface area contributed by atoms with Crippen molar-refractivity contribution in [2.45, 2.75) is 13.0 Å². The average molecular weight is 443 g/mol. The first-order valence-electron chi connectivity index (χ1n) is 9.58. The van der Waals surface area contributed by atoms with Crippen molar-refractivity contribution in [3.63, 3.8) is 0 Å². The maximum atomic E-state index is 6.04. The number of rotatable bonds is 3. The monoisotopic (exact) mass is 442 g/mol. The van der Waals surface area contributed by atoms with Crippen LogP contribution in [0.4, 0.5) is 11.5 Å². The molecule has 0 atom stereocenters. The number of aryl methyl sites for hydroxylation is 1. The predicted octanol–water partition coefficient (Wildman–Crippen LogP) is 2.57. The van der Waals surface area contributed by atoms with Gasteiger partial charge in [0.1, 0.15) is 4.60 Å². The smallest absolute Gasteiger partial charge is 0.180 e. The van der Waals surface area contributed by atoms with E-state index in [0.29, 0.717) is 17.5 Å². The van der Waals surface area contributed by atoms with E-state index in [1.54, 1.807) is 0 Å². The molecule has 0 bridgehead atoms. The Labute approximate surface area is 172 Å². The first-order valence-corrected chi connectivity index (χ1v) is 10.4. The molecule has 2 N–H and O–H groups in total. The summed E-state index contributed by atoms with van der Waals surface area (Å²) < 4.78 is 8.12. The van der Waals surface area contributed by atoms with Gasteiger partial charge in [-0.1, -0.05) is 12.1 Å². The fourth-order valence-electron chi connectivity index (χ4n) is 4.03. The van der Waals surface area contributed by atoms with E-state index >= 15 is 0 Å². The topological polar surface area (TPSA) is 71.9 Å². The van der Waals surface area contributed by atoms with Crippen molar-refractivity contribution in [3.05, 3.63) is 40.8 Å². The van der Waals surface area contributed by atoms with Gasteiger partial charge in [0, 0.05) is 37.4 Å². The zero-order valence-corrected chi connectivity index (χ0v) is 17.4. The van der Waals surface area contributed by atoms with Gasteiger partial charge in [0.25, 0.3) is 0 Å². The van der Waals surface area contributed by atoms with Crippen molar-refractivity contribution in [1.82, 2.24) is 19.3 Å². The lowest BCUT2D eigenvalue weighted by atomic mass is 10.1. The Kier molecular flexibility index (Phi) is 4.49. The molecule has 2 fully saturated rings. The molecule has 3 aromatic rings. The first kappa shape index (κ1) is 17.9. The van der Waals surface area contributed by atoms with Crippen LogP contribution in [0.2, 0.25) is 0 Å². The molecular weight excluding hydrogens is 420 g/mol. The number of nitrogens with two attached hydrogens (primary N) is 1. The van der Waals surface area contributed by atoms with E-state index in [0.717, 1.165) is 60.9 Å². The third kappa shape index (κ3) is 2.96. The molecule has 0 saturated carbocycles. The summed E-state index contributed by atoms with van der Waals surface area (Å²) in [6, 6.07) is 9.35. The minimum Gasteiger partial charge on any atom is -0.381 e. The maximum Gasteiger partial charge on any atom is 0.180 e. The molecule has 7 nitrogen and oxygen atoms in total. The second-order valence-electron chi connectivity index (χ2n) is 7.44. The van der Waals surface area contributed by atoms with Gasteiger partial charge in [-0.2, -0.15) is 0 Å². The molecule has 2 aliphatic rings. The van der Waals surface area contributed by atoms with Crippen LogP contribution in [0.15, 0.2) is 35.1 Å². The number of halogens is 1. The third-order valence-electron chi connectivity index (χ3n) is 5.82. The fraction of sp³-hybridized carbons (Fsp3) is 0.400. The van der Waals surface area contributed by atoms with E-state index in [2.05, 4.69) is 64.4 Å². The molecule has 1 aromatic carbocycles. The lowest BCUT2D eigenvalue weighted by molar-refractivity contribution is -0.0660. The largest absolute Gasteiger partial charge is 0.381 e. The zero-order valence-electron chi connectivity index (χ0n) is 15.8. The second kappa shape index (κ2) is 7.02. The number of ether oxygens (including phenoxy) is 1. The van der Waals surface area contributed by atoms with Crippen LogP contribution >= 0.6 is 15.9 Å². The maximum absolute atomic E-state index is 6.04. The molecule has 146 valence electrons. The number of nitrogen functional groups attached to an aromatic ring is 1. The lowest BCUT2D eigenvalue weighted by Gasteiger charge is -2.43. The van der Waals surface area contributed by atoms with E-state index in [1.807, 2.05) is 13.1 Å². The minimum atomic E-state index is 0.426. The zero-order chi connectivity index (χ0) is 19.3. The number of hydrogen-bond acceptors (Lipinski definition) is 6. The van der Waals surface area contributed by atoms with Crippen LogP contribution in [-0.2, 0) is 4.74 Å². The summed E-state index contributed by atoms with van der Waals surface area (Å²) in [5.41, 5.74) is 11.1. The van der Waals surface area contributed by atoms with Crippen molar-refractivity contribution in [3.8, 4) is 11.3 Å².